The number of hydrogen-bond acceptors (Lipinski definition) is 4. The van der Waals surface area contributed by atoms with E-state index in [0.717, 1.165) is 16.4 Å². The molecule has 1 fully saturated rings. The van der Waals surface area contributed by atoms with Crippen molar-refractivity contribution in [1.82, 2.24) is 0 Å². The van der Waals surface area contributed by atoms with Gasteiger partial charge < -0.3 is 10.1 Å². The van der Waals surface area contributed by atoms with Gasteiger partial charge in [0.15, 0.2) is 4.75 Å². The zero-order valence-corrected chi connectivity index (χ0v) is 16.6. The van der Waals surface area contributed by atoms with Crippen LogP contribution in [0.2, 0.25) is 5.02 Å². The molecule has 0 radical (unpaired) electrons. The van der Waals surface area contributed by atoms with Crippen LogP contribution in [0, 0.1) is 0 Å². The Kier molecular flexibility index (Phi) is 5.44. The predicted octanol–water partition coefficient (Wildman–Crippen LogP) is 4.18. The van der Waals surface area contributed by atoms with Gasteiger partial charge in [0.25, 0.3) is 0 Å². The molecular weight excluding hydrogens is 433 g/mol. The van der Waals surface area contributed by atoms with Crippen molar-refractivity contribution < 1.29 is 31.1 Å². The predicted molar refractivity (Wildman–Crippen MR) is 102 cm³/mol. The van der Waals surface area contributed by atoms with E-state index in [0.29, 0.717) is 10.7 Å². The van der Waals surface area contributed by atoms with Gasteiger partial charge in [-0.3, -0.25) is 9.10 Å². The summed E-state index contributed by atoms with van der Waals surface area (Å²) in [6.45, 7) is 1.42. The number of sulfonamides is 1. The SMILES string of the molecule is C[C@]1(C(=O)Nc2ccc(OC(F)(F)F)cc2)CCN(c2ccc(Cl)cc2)S1(=O)=O. The van der Waals surface area contributed by atoms with Gasteiger partial charge in [-0.05, 0) is 61.9 Å². The van der Waals surface area contributed by atoms with Crippen LogP contribution in [0.4, 0.5) is 24.5 Å². The second kappa shape index (κ2) is 7.42. The molecule has 3 rings (SSSR count). The van der Waals surface area contributed by atoms with Gasteiger partial charge in [0.1, 0.15) is 5.75 Å². The van der Waals surface area contributed by atoms with E-state index >= 15 is 0 Å². The third kappa shape index (κ3) is 4.27. The lowest BCUT2D eigenvalue weighted by Gasteiger charge is -2.25. The van der Waals surface area contributed by atoms with E-state index in [1.54, 1.807) is 24.3 Å². The summed E-state index contributed by atoms with van der Waals surface area (Å²) >= 11 is 5.83. The van der Waals surface area contributed by atoms with Gasteiger partial charge in [0.05, 0.1) is 5.69 Å². The molecule has 0 aliphatic carbocycles. The number of hydrogen-bond donors (Lipinski definition) is 1. The van der Waals surface area contributed by atoms with Crippen LogP contribution >= 0.6 is 11.6 Å². The third-order valence-corrected chi connectivity index (χ3v) is 7.35. The zero-order chi connectivity index (χ0) is 21.4. The van der Waals surface area contributed by atoms with E-state index in [4.69, 9.17) is 11.6 Å². The first-order chi connectivity index (χ1) is 13.4. The van der Waals surface area contributed by atoms with Gasteiger partial charge in [-0.25, -0.2) is 8.42 Å². The Morgan fingerprint density at radius 1 is 1.14 bits per heavy atom. The van der Waals surface area contributed by atoms with Crippen molar-refractivity contribution >= 4 is 38.9 Å². The molecule has 6 nitrogen and oxygen atoms in total. The standard InChI is InChI=1S/C18H16ClF3N2O4S/c1-17(10-11-24(29(17,26)27)14-6-2-12(19)3-7-14)16(25)23-13-4-8-15(9-5-13)28-18(20,21)22/h2-9H,10-11H2,1H3,(H,23,25)/t17-/m1/s1. The number of nitrogens with zero attached hydrogens (tertiary/aromatic N) is 1. The Morgan fingerprint density at radius 3 is 2.28 bits per heavy atom. The number of ether oxygens (including phenoxy) is 1. The number of anilines is 2. The molecule has 1 aliphatic heterocycles. The Hall–Kier alpha value is -2.46. The minimum Gasteiger partial charge on any atom is -0.406 e. The summed E-state index contributed by atoms with van der Waals surface area (Å²) in [5.41, 5.74) is 0.533. The van der Waals surface area contributed by atoms with Crippen LogP contribution in [0.15, 0.2) is 48.5 Å². The van der Waals surface area contributed by atoms with Crippen molar-refractivity contribution in [3.05, 3.63) is 53.6 Å². The van der Waals surface area contributed by atoms with E-state index < -0.39 is 32.8 Å². The fourth-order valence-electron chi connectivity index (χ4n) is 2.92. The van der Waals surface area contributed by atoms with E-state index in [1.807, 2.05) is 0 Å². The van der Waals surface area contributed by atoms with Crippen molar-refractivity contribution in [3.63, 3.8) is 0 Å². The largest absolute Gasteiger partial charge is 0.573 e. The monoisotopic (exact) mass is 448 g/mol. The number of amides is 1. The van der Waals surface area contributed by atoms with Crippen molar-refractivity contribution in [3.8, 4) is 5.75 Å². The first kappa shape index (κ1) is 21.3. The van der Waals surface area contributed by atoms with Crippen molar-refractivity contribution in [1.29, 1.82) is 0 Å². The summed E-state index contributed by atoms with van der Waals surface area (Å²) in [6.07, 6.45) is -4.79. The van der Waals surface area contributed by atoms with Crippen LogP contribution in [0.25, 0.3) is 0 Å². The molecule has 0 aromatic heterocycles. The maximum atomic E-state index is 13.0. The quantitative estimate of drug-likeness (QED) is 0.761. The van der Waals surface area contributed by atoms with Crippen molar-refractivity contribution in [2.24, 2.45) is 0 Å². The van der Waals surface area contributed by atoms with Gasteiger partial charge in [0.2, 0.25) is 15.9 Å². The van der Waals surface area contributed by atoms with E-state index in [2.05, 4.69) is 10.1 Å². The summed E-state index contributed by atoms with van der Waals surface area (Å²) < 4.78 is 65.9. The Labute approximate surface area is 170 Å². The Bertz CT molecular complexity index is 1010. The fourth-order valence-corrected chi connectivity index (χ4v) is 4.89. The van der Waals surface area contributed by atoms with Gasteiger partial charge in [-0.15, -0.1) is 13.2 Å². The van der Waals surface area contributed by atoms with Crippen LogP contribution in [-0.2, 0) is 14.8 Å². The van der Waals surface area contributed by atoms with E-state index in [-0.39, 0.29) is 18.7 Å². The van der Waals surface area contributed by atoms with Crippen LogP contribution in [-0.4, -0.2) is 32.0 Å². The smallest absolute Gasteiger partial charge is 0.406 e. The topological polar surface area (TPSA) is 75.7 Å². The summed E-state index contributed by atoms with van der Waals surface area (Å²) in [5.74, 6) is -1.23. The van der Waals surface area contributed by atoms with Crippen LogP contribution in [0.1, 0.15) is 13.3 Å². The molecule has 1 atom stereocenters. The van der Waals surface area contributed by atoms with Gasteiger partial charge in [-0.1, -0.05) is 11.6 Å². The molecule has 29 heavy (non-hydrogen) atoms. The highest BCUT2D eigenvalue weighted by Gasteiger charge is 2.54. The summed E-state index contributed by atoms with van der Waals surface area (Å²) in [6, 6.07) is 10.6. The van der Waals surface area contributed by atoms with Crippen molar-refractivity contribution in [2.75, 3.05) is 16.2 Å². The molecule has 1 aliphatic rings. The molecule has 2 aromatic carbocycles. The normalized spacial score (nSPS) is 21.1. The van der Waals surface area contributed by atoms with Gasteiger partial charge in [0, 0.05) is 17.3 Å². The number of rotatable bonds is 4. The molecule has 2 aromatic rings. The Balaban J connectivity index is 1.77. The minimum atomic E-state index is -4.83. The molecule has 156 valence electrons. The van der Waals surface area contributed by atoms with Crippen LogP contribution in [0.5, 0.6) is 5.75 Å². The second-order valence-corrected chi connectivity index (χ2v) is 9.29. The number of benzene rings is 2. The maximum Gasteiger partial charge on any atom is 0.573 e. The molecule has 11 heteroatoms. The lowest BCUT2D eigenvalue weighted by atomic mass is 10.1. The van der Waals surface area contributed by atoms with Crippen molar-refractivity contribution in [2.45, 2.75) is 24.5 Å². The first-order valence-electron chi connectivity index (χ1n) is 8.37. The lowest BCUT2D eigenvalue weighted by molar-refractivity contribution is -0.274. The third-order valence-electron chi connectivity index (χ3n) is 4.59. The summed E-state index contributed by atoms with van der Waals surface area (Å²) in [7, 11) is -4.04. The number of carbonyl (C=O) groups is 1. The fraction of sp³-hybridized carbons (Fsp3) is 0.278. The number of nitrogens with one attached hydrogen (secondary N) is 1. The highest BCUT2D eigenvalue weighted by molar-refractivity contribution is 7.95. The lowest BCUT2D eigenvalue weighted by Crippen LogP contribution is -2.47. The molecular formula is C18H16ClF3N2O4S. The number of halogens is 4. The Morgan fingerprint density at radius 2 is 1.72 bits per heavy atom. The highest BCUT2D eigenvalue weighted by Crippen LogP contribution is 2.37. The average Bonchev–Trinajstić information content (AvgIpc) is 2.87. The van der Waals surface area contributed by atoms with Crippen LogP contribution < -0.4 is 14.4 Å². The van der Waals surface area contributed by atoms with E-state index in [1.165, 1.54) is 19.1 Å². The highest BCUT2D eigenvalue weighted by atomic mass is 35.5. The molecule has 0 spiro atoms. The first-order valence-corrected chi connectivity index (χ1v) is 10.2. The summed E-state index contributed by atoms with van der Waals surface area (Å²) in [4.78, 5) is 12.7. The van der Waals surface area contributed by atoms with Gasteiger partial charge >= 0.3 is 6.36 Å². The second-order valence-electron chi connectivity index (χ2n) is 6.56. The molecule has 1 saturated heterocycles. The van der Waals surface area contributed by atoms with E-state index in [9.17, 15) is 26.4 Å². The van der Waals surface area contributed by atoms with Crippen LogP contribution in [0.3, 0.4) is 0 Å². The zero-order valence-electron chi connectivity index (χ0n) is 15.0. The molecule has 0 unspecified atom stereocenters. The molecule has 1 heterocycles. The minimum absolute atomic E-state index is 0.0407. The molecule has 0 bridgehead atoms. The summed E-state index contributed by atoms with van der Waals surface area (Å²) in [5, 5.41) is 2.90. The molecule has 1 N–H and O–H groups in total. The maximum absolute atomic E-state index is 13.0. The van der Waals surface area contributed by atoms with Gasteiger partial charge in [-0.2, -0.15) is 0 Å². The molecule has 0 saturated carbocycles. The average molecular weight is 449 g/mol. The number of carbonyl (C=O) groups excluding carboxylic acids is 1. The number of alkyl halides is 3. The molecule has 1 amide bonds.